The van der Waals surface area contributed by atoms with Crippen LogP contribution in [0.25, 0.3) is 22.3 Å². The summed E-state index contributed by atoms with van der Waals surface area (Å²) in [6, 6.07) is 12.7. The maximum atomic E-state index is 15.4. The lowest BCUT2D eigenvalue weighted by molar-refractivity contribution is -0.138. The van der Waals surface area contributed by atoms with Crippen molar-refractivity contribution in [3.05, 3.63) is 70.0 Å². The Morgan fingerprint density at radius 3 is 2.41 bits per heavy atom. The molecule has 0 bridgehead atoms. The Kier molecular flexibility index (Phi) is 8.83. The molecular formula is C31H30Cl2FN5O5. The number of amides is 5. The van der Waals surface area contributed by atoms with Crippen molar-refractivity contribution in [3.8, 4) is 28.0 Å². The van der Waals surface area contributed by atoms with E-state index in [2.05, 4.69) is 16.0 Å². The molecule has 13 heteroatoms. The first-order valence-electron chi connectivity index (χ1n) is 13.8. The normalized spacial score (nSPS) is 17.2. The Morgan fingerprint density at radius 1 is 1.09 bits per heavy atom. The molecule has 44 heavy (non-hydrogen) atoms. The van der Waals surface area contributed by atoms with Crippen LogP contribution in [0, 0.1) is 17.2 Å². The molecule has 3 aromatic rings. The van der Waals surface area contributed by atoms with Crippen molar-refractivity contribution >= 4 is 52.6 Å². The first-order valence-corrected chi connectivity index (χ1v) is 14.5. The maximum absolute atomic E-state index is 15.4. The molecule has 1 atom stereocenters. The molecule has 5 N–H and O–H groups in total. The fraction of sp³-hybridized carbons (Fsp3) is 0.290. The number of benzene rings is 3. The molecular weight excluding hydrogens is 612 g/mol. The van der Waals surface area contributed by atoms with E-state index in [1.54, 1.807) is 42.5 Å². The van der Waals surface area contributed by atoms with Gasteiger partial charge in [-0.05, 0) is 36.6 Å². The minimum atomic E-state index is -1.12. The van der Waals surface area contributed by atoms with Crippen LogP contribution in [0.3, 0.4) is 0 Å². The molecule has 2 fully saturated rings. The number of methoxy groups -OCH3 is 1. The lowest BCUT2D eigenvalue weighted by atomic mass is 9.97. The molecule has 0 radical (unpaired) electrons. The summed E-state index contributed by atoms with van der Waals surface area (Å²) in [7, 11) is 2.74. The van der Waals surface area contributed by atoms with Crippen LogP contribution < -0.4 is 26.4 Å². The SMILES string of the molecule is COc1cc(-c2cccc(-c3cccc(NC(=O)C4CNC(=O)N(C)C4=O)c3Cl)c2Cl)cc(F)c1CNCC1(C(N)=O)CC1. The van der Waals surface area contributed by atoms with Gasteiger partial charge in [-0.3, -0.25) is 19.3 Å². The number of hydrogen-bond acceptors (Lipinski definition) is 6. The van der Waals surface area contributed by atoms with Crippen molar-refractivity contribution in [3.63, 3.8) is 0 Å². The topological polar surface area (TPSA) is 143 Å². The number of nitrogens with zero attached hydrogens (tertiary/aromatic N) is 1. The van der Waals surface area contributed by atoms with E-state index in [9.17, 15) is 19.2 Å². The Morgan fingerprint density at radius 2 is 1.75 bits per heavy atom. The maximum Gasteiger partial charge on any atom is 0.323 e. The highest BCUT2D eigenvalue weighted by molar-refractivity contribution is 6.39. The first kappa shape index (κ1) is 31.2. The summed E-state index contributed by atoms with van der Waals surface area (Å²) in [4.78, 5) is 49.6. The van der Waals surface area contributed by atoms with E-state index < -0.39 is 35.0 Å². The smallest absolute Gasteiger partial charge is 0.323 e. The van der Waals surface area contributed by atoms with Crippen LogP contribution in [0.1, 0.15) is 18.4 Å². The van der Waals surface area contributed by atoms with E-state index in [0.29, 0.717) is 53.0 Å². The van der Waals surface area contributed by atoms with Crippen molar-refractivity contribution in [2.24, 2.45) is 17.1 Å². The van der Waals surface area contributed by atoms with E-state index in [1.807, 2.05) is 0 Å². The fourth-order valence-electron chi connectivity index (χ4n) is 5.16. The van der Waals surface area contributed by atoms with Crippen LogP contribution in [0.5, 0.6) is 5.75 Å². The number of primary amides is 1. The highest BCUT2D eigenvalue weighted by Crippen LogP contribution is 2.45. The molecule has 1 aliphatic carbocycles. The number of halogens is 3. The molecule has 2 aliphatic rings. The number of urea groups is 1. The van der Waals surface area contributed by atoms with Gasteiger partial charge < -0.3 is 26.4 Å². The van der Waals surface area contributed by atoms with Crippen LogP contribution in [0.2, 0.25) is 10.0 Å². The van der Waals surface area contributed by atoms with E-state index in [1.165, 1.54) is 20.2 Å². The van der Waals surface area contributed by atoms with Crippen LogP contribution in [0.15, 0.2) is 48.5 Å². The standard InChI is InChI=1S/C31H30Cl2FN5O5/c1-39-28(41)21(14-37-30(39)43)27(40)38-23-8-4-7-19(26(23)33)18-6-3-5-17(25(18)32)16-11-22(34)20(24(12-16)44-2)13-36-15-31(9-10-31)29(35)42/h3-8,11-12,21,36H,9-10,13-15H2,1-2H3,(H2,35,42)(H,37,43)(H,38,40). The van der Waals surface area contributed by atoms with E-state index in [-0.39, 0.29) is 34.7 Å². The Hall–Kier alpha value is -4.19. The zero-order valence-electron chi connectivity index (χ0n) is 23.9. The number of carbonyl (C=O) groups is 4. The Bertz CT molecular complexity index is 1680. The van der Waals surface area contributed by atoms with Crippen LogP contribution in [0.4, 0.5) is 14.9 Å². The van der Waals surface area contributed by atoms with Gasteiger partial charge >= 0.3 is 6.03 Å². The number of ether oxygens (including phenoxy) is 1. The average molecular weight is 643 g/mol. The predicted octanol–water partition coefficient (Wildman–Crippen LogP) is 4.57. The van der Waals surface area contributed by atoms with Gasteiger partial charge in [-0.1, -0.05) is 53.5 Å². The number of nitrogens with one attached hydrogen (secondary N) is 3. The minimum Gasteiger partial charge on any atom is -0.496 e. The second-order valence-corrected chi connectivity index (χ2v) is 11.6. The van der Waals surface area contributed by atoms with Gasteiger partial charge in [0.2, 0.25) is 17.7 Å². The van der Waals surface area contributed by atoms with Crippen molar-refractivity contribution in [2.75, 3.05) is 32.6 Å². The number of imide groups is 1. The number of rotatable bonds is 10. The van der Waals surface area contributed by atoms with Gasteiger partial charge in [0, 0.05) is 48.9 Å². The van der Waals surface area contributed by atoms with Crippen LogP contribution in [-0.4, -0.2) is 55.9 Å². The summed E-state index contributed by atoms with van der Waals surface area (Å²) in [6.45, 7) is 0.356. The number of hydrogen-bond donors (Lipinski definition) is 4. The van der Waals surface area contributed by atoms with Gasteiger partial charge in [-0.2, -0.15) is 0 Å². The van der Waals surface area contributed by atoms with E-state index in [0.717, 1.165) is 4.90 Å². The third-order valence-electron chi connectivity index (χ3n) is 8.08. The molecule has 1 unspecified atom stereocenters. The number of nitrogens with two attached hydrogens (primary N) is 1. The summed E-state index contributed by atoms with van der Waals surface area (Å²) in [5.74, 6) is -2.95. The third kappa shape index (κ3) is 5.95. The van der Waals surface area contributed by atoms with Gasteiger partial charge in [-0.25, -0.2) is 9.18 Å². The van der Waals surface area contributed by atoms with Crippen LogP contribution >= 0.6 is 23.2 Å². The molecule has 5 rings (SSSR count). The van der Waals surface area contributed by atoms with Crippen LogP contribution in [-0.2, 0) is 20.9 Å². The van der Waals surface area contributed by atoms with Gasteiger partial charge in [-0.15, -0.1) is 0 Å². The molecule has 3 aromatic carbocycles. The summed E-state index contributed by atoms with van der Waals surface area (Å²) in [6.07, 6.45) is 1.42. The third-order valence-corrected chi connectivity index (χ3v) is 8.89. The summed E-state index contributed by atoms with van der Waals surface area (Å²) >= 11 is 13.6. The first-order chi connectivity index (χ1) is 21.0. The minimum absolute atomic E-state index is 0.137. The highest BCUT2D eigenvalue weighted by atomic mass is 35.5. The van der Waals surface area contributed by atoms with Gasteiger partial charge in [0.1, 0.15) is 17.5 Å². The van der Waals surface area contributed by atoms with E-state index in [4.69, 9.17) is 33.7 Å². The molecule has 1 saturated heterocycles. The lowest BCUT2D eigenvalue weighted by Crippen LogP contribution is -2.56. The number of anilines is 1. The monoisotopic (exact) mass is 641 g/mol. The second kappa shape index (κ2) is 12.4. The zero-order chi connectivity index (χ0) is 31.8. The quantitative estimate of drug-likeness (QED) is 0.239. The van der Waals surface area contributed by atoms with Gasteiger partial charge in [0.15, 0.2) is 0 Å². The summed E-state index contributed by atoms with van der Waals surface area (Å²) in [5.41, 5.74) is 7.47. The van der Waals surface area contributed by atoms with Crippen molar-refractivity contribution in [1.82, 2.24) is 15.5 Å². The van der Waals surface area contributed by atoms with Crippen molar-refractivity contribution in [1.29, 1.82) is 0 Å². The molecule has 0 aromatic heterocycles. The second-order valence-electron chi connectivity index (χ2n) is 10.8. The van der Waals surface area contributed by atoms with Crippen molar-refractivity contribution < 1.29 is 28.3 Å². The molecule has 10 nitrogen and oxygen atoms in total. The van der Waals surface area contributed by atoms with Gasteiger partial charge in [0.05, 0.1) is 28.3 Å². The molecule has 0 spiro atoms. The molecule has 1 heterocycles. The zero-order valence-corrected chi connectivity index (χ0v) is 25.4. The molecule has 5 amide bonds. The predicted molar refractivity (Wildman–Crippen MR) is 165 cm³/mol. The molecule has 1 saturated carbocycles. The lowest BCUT2D eigenvalue weighted by Gasteiger charge is -2.27. The van der Waals surface area contributed by atoms with Crippen molar-refractivity contribution in [2.45, 2.75) is 19.4 Å². The molecule has 1 aliphatic heterocycles. The van der Waals surface area contributed by atoms with E-state index >= 15 is 4.39 Å². The average Bonchev–Trinajstić information content (AvgIpc) is 3.79. The highest BCUT2D eigenvalue weighted by Gasteiger charge is 2.48. The summed E-state index contributed by atoms with van der Waals surface area (Å²) in [5, 5.41) is 8.76. The largest absolute Gasteiger partial charge is 0.496 e. The number of carbonyl (C=O) groups excluding carboxylic acids is 4. The Labute approximate surface area is 263 Å². The fourth-order valence-corrected chi connectivity index (χ4v) is 5.77. The molecule has 230 valence electrons. The Balaban J connectivity index is 1.40. The summed E-state index contributed by atoms with van der Waals surface area (Å²) < 4.78 is 20.9. The van der Waals surface area contributed by atoms with Gasteiger partial charge in [0.25, 0.3) is 0 Å².